The second kappa shape index (κ2) is 6.91. The Morgan fingerprint density at radius 2 is 2.12 bits per heavy atom. The van der Waals surface area contributed by atoms with Crippen molar-refractivity contribution in [2.75, 3.05) is 11.1 Å². The van der Waals surface area contributed by atoms with E-state index in [-0.39, 0.29) is 18.1 Å². The number of cyclic esters (lactones) is 1. The molecule has 168 valence electrons. The maximum Gasteiger partial charge on any atom is 0.331 e. The molecule has 33 heavy (non-hydrogen) atoms. The molecule has 0 fully saturated rings. The van der Waals surface area contributed by atoms with E-state index in [9.17, 15) is 14.4 Å². The van der Waals surface area contributed by atoms with Crippen molar-refractivity contribution in [3.63, 3.8) is 0 Å². The van der Waals surface area contributed by atoms with E-state index in [0.717, 1.165) is 44.9 Å². The number of nitrogens with zero attached hydrogens (tertiary/aromatic N) is 2. The number of amides is 1. The molecule has 2 aromatic heterocycles. The third-order valence-corrected chi connectivity index (χ3v) is 8.06. The number of rotatable bonds is 2. The Morgan fingerprint density at radius 3 is 2.88 bits per heavy atom. The van der Waals surface area contributed by atoms with Crippen LogP contribution in [0.4, 0.5) is 5.69 Å². The maximum atomic E-state index is 13.5. The van der Waals surface area contributed by atoms with Crippen LogP contribution in [0.15, 0.2) is 27.9 Å². The summed E-state index contributed by atoms with van der Waals surface area (Å²) in [7, 11) is 0. The molecule has 0 saturated carbocycles. The number of nitrogens with one attached hydrogen (secondary N) is 1. The van der Waals surface area contributed by atoms with Gasteiger partial charge in [0.25, 0.3) is 5.56 Å². The number of aryl methyl sites for hydroxylation is 1. The number of benzene rings is 1. The van der Waals surface area contributed by atoms with Crippen LogP contribution in [0.5, 0.6) is 0 Å². The summed E-state index contributed by atoms with van der Waals surface area (Å²) in [5.41, 5.74) is 11.2. The van der Waals surface area contributed by atoms with Crippen LogP contribution in [0.1, 0.15) is 42.5 Å². The molecular weight excluding hydrogens is 440 g/mol. The molecule has 0 bridgehead atoms. The average molecular weight is 463 g/mol. The number of thioether (sulfide) groups is 1. The van der Waals surface area contributed by atoms with E-state index >= 15 is 0 Å². The number of hydrogen-bond acceptors (Lipinski definition) is 7. The molecule has 3 aliphatic heterocycles. The zero-order chi connectivity index (χ0) is 23.1. The van der Waals surface area contributed by atoms with Crippen LogP contribution in [0.3, 0.4) is 0 Å². The lowest BCUT2D eigenvalue weighted by molar-refractivity contribution is -0.154. The normalized spacial score (nSPS) is 20.2. The Hall–Kier alpha value is -3.17. The first-order valence-corrected chi connectivity index (χ1v) is 11.9. The highest BCUT2D eigenvalue weighted by Gasteiger charge is 2.44. The number of aromatic nitrogens is 2. The number of carbonyl (C=O) groups is 2. The van der Waals surface area contributed by atoms with Gasteiger partial charge in [-0.25, -0.2) is 9.78 Å². The predicted octanol–water partition coefficient (Wildman–Crippen LogP) is 2.65. The molecule has 8 nitrogen and oxygen atoms in total. The van der Waals surface area contributed by atoms with Gasteiger partial charge in [-0.2, -0.15) is 0 Å². The first-order valence-electron chi connectivity index (χ1n) is 11.0. The van der Waals surface area contributed by atoms with Gasteiger partial charge >= 0.3 is 5.97 Å². The fourth-order valence-corrected chi connectivity index (χ4v) is 6.40. The van der Waals surface area contributed by atoms with Crippen molar-refractivity contribution in [2.45, 2.75) is 50.3 Å². The third-order valence-electron chi connectivity index (χ3n) is 6.94. The van der Waals surface area contributed by atoms with E-state index in [1.165, 1.54) is 12.5 Å². The number of anilines is 1. The lowest BCUT2D eigenvalue weighted by Gasteiger charge is -2.32. The smallest absolute Gasteiger partial charge is 0.331 e. The van der Waals surface area contributed by atoms with Gasteiger partial charge in [-0.15, -0.1) is 11.8 Å². The molecule has 9 heteroatoms. The van der Waals surface area contributed by atoms with Gasteiger partial charge in [-0.1, -0.05) is 6.92 Å². The molecule has 1 aromatic carbocycles. The summed E-state index contributed by atoms with van der Waals surface area (Å²) >= 11 is 1.71. The van der Waals surface area contributed by atoms with Crippen molar-refractivity contribution in [3.05, 3.63) is 50.8 Å². The molecule has 1 amide bonds. The monoisotopic (exact) mass is 462 g/mol. The Kier molecular flexibility index (Phi) is 4.28. The number of fused-ring (bicyclic) bond motifs is 5. The molecule has 1 unspecified atom stereocenters. The largest absolute Gasteiger partial charge is 0.459 e. The molecule has 5 heterocycles. The SMILES string of the molecule is CCC1(N)C(=O)OCc2c1cc1n(c2=O)Cc2c-1nc1ccc(NC(C)=O)c3c1c2CCS3. The number of esters is 1. The second-order valence-electron chi connectivity index (χ2n) is 8.75. The Bertz CT molecular complexity index is 1480. The predicted molar refractivity (Wildman–Crippen MR) is 125 cm³/mol. The molecule has 3 N–H and O–H groups in total. The topological polar surface area (TPSA) is 116 Å². The fraction of sp³-hybridized carbons (Fsp3) is 0.333. The van der Waals surface area contributed by atoms with Crippen molar-refractivity contribution in [3.8, 4) is 11.4 Å². The molecule has 1 atom stereocenters. The van der Waals surface area contributed by atoms with Crippen molar-refractivity contribution in [1.29, 1.82) is 0 Å². The highest BCUT2D eigenvalue weighted by Crippen LogP contribution is 2.46. The summed E-state index contributed by atoms with van der Waals surface area (Å²) in [4.78, 5) is 43.6. The Labute approximate surface area is 193 Å². The second-order valence-corrected chi connectivity index (χ2v) is 9.85. The highest BCUT2D eigenvalue weighted by atomic mass is 32.2. The summed E-state index contributed by atoms with van der Waals surface area (Å²) < 4.78 is 7.00. The highest BCUT2D eigenvalue weighted by molar-refractivity contribution is 7.99. The Balaban J connectivity index is 1.62. The molecule has 0 saturated heterocycles. The van der Waals surface area contributed by atoms with E-state index < -0.39 is 11.5 Å². The van der Waals surface area contributed by atoms with Crippen LogP contribution >= 0.6 is 11.8 Å². The van der Waals surface area contributed by atoms with E-state index in [2.05, 4.69) is 5.32 Å². The van der Waals surface area contributed by atoms with Gasteiger partial charge in [0.05, 0.1) is 34.7 Å². The van der Waals surface area contributed by atoms with Gasteiger partial charge < -0.3 is 20.4 Å². The van der Waals surface area contributed by atoms with Crippen LogP contribution in [0.25, 0.3) is 22.3 Å². The van der Waals surface area contributed by atoms with Crippen LogP contribution in [0, 0.1) is 0 Å². The lowest BCUT2D eigenvalue weighted by atomic mass is 9.83. The summed E-state index contributed by atoms with van der Waals surface area (Å²) in [6, 6.07) is 5.66. The summed E-state index contributed by atoms with van der Waals surface area (Å²) in [6.45, 7) is 3.67. The van der Waals surface area contributed by atoms with Gasteiger partial charge in [0, 0.05) is 28.5 Å². The van der Waals surface area contributed by atoms with E-state index in [0.29, 0.717) is 29.8 Å². The van der Waals surface area contributed by atoms with Crippen LogP contribution < -0.4 is 16.6 Å². The fourth-order valence-electron chi connectivity index (χ4n) is 5.24. The van der Waals surface area contributed by atoms with Crippen LogP contribution in [-0.4, -0.2) is 27.2 Å². The van der Waals surface area contributed by atoms with E-state index in [1.807, 2.05) is 25.1 Å². The van der Waals surface area contributed by atoms with Crippen LogP contribution in [0.2, 0.25) is 0 Å². The lowest BCUT2D eigenvalue weighted by Crippen LogP contribution is -2.50. The van der Waals surface area contributed by atoms with E-state index in [1.54, 1.807) is 16.3 Å². The first-order chi connectivity index (χ1) is 15.8. The van der Waals surface area contributed by atoms with Crippen molar-refractivity contribution in [2.24, 2.45) is 5.73 Å². The summed E-state index contributed by atoms with van der Waals surface area (Å²) in [5, 5.41) is 3.97. The van der Waals surface area contributed by atoms with Gasteiger partial charge in [0.2, 0.25) is 5.91 Å². The minimum absolute atomic E-state index is 0.0638. The summed E-state index contributed by atoms with van der Waals surface area (Å²) in [5.74, 6) is 0.254. The number of ether oxygens (including phenoxy) is 1. The van der Waals surface area contributed by atoms with E-state index in [4.69, 9.17) is 15.5 Å². The van der Waals surface area contributed by atoms with Gasteiger partial charge in [-0.05, 0) is 42.2 Å². The van der Waals surface area contributed by atoms with Gasteiger partial charge in [0.1, 0.15) is 12.1 Å². The molecule has 0 spiro atoms. The van der Waals surface area contributed by atoms with Gasteiger partial charge in [0.15, 0.2) is 0 Å². The minimum Gasteiger partial charge on any atom is -0.459 e. The van der Waals surface area contributed by atoms with Gasteiger partial charge in [-0.3, -0.25) is 9.59 Å². The Morgan fingerprint density at radius 1 is 1.30 bits per heavy atom. The molecule has 0 radical (unpaired) electrons. The molecule has 6 rings (SSSR count). The van der Waals surface area contributed by atoms with Crippen molar-refractivity contribution >= 4 is 40.2 Å². The van der Waals surface area contributed by atoms with Crippen molar-refractivity contribution in [1.82, 2.24) is 9.55 Å². The zero-order valence-electron chi connectivity index (χ0n) is 18.3. The number of pyridine rings is 2. The number of carbonyl (C=O) groups excluding carboxylic acids is 2. The average Bonchev–Trinajstić information content (AvgIpc) is 3.17. The van der Waals surface area contributed by atoms with Crippen molar-refractivity contribution < 1.29 is 14.3 Å². The zero-order valence-corrected chi connectivity index (χ0v) is 19.1. The molecular formula is C24H22N4O4S. The third kappa shape index (κ3) is 2.69. The molecule has 3 aromatic rings. The minimum atomic E-state index is -1.34. The van der Waals surface area contributed by atoms with Crippen LogP contribution in [-0.2, 0) is 39.4 Å². The molecule has 3 aliphatic rings. The standard InChI is InChI=1S/C24H22N4O4S/c1-3-24(25)15-8-18-20-13(9-28(18)22(30)14(15)10-32-23(24)31)12-6-7-33-21-17(26-11(2)29)5-4-16(27-20)19(12)21/h4-5,8H,3,6-7,9-10,25H2,1-2H3,(H,26,29). The maximum absolute atomic E-state index is 13.5. The number of nitrogens with two attached hydrogens (primary N) is 1. The first kappa shape index (κ1) is 20.4. The quantitative estimate of drug-likeness (QED) is 0.440. The summed E-state index contributed by atoms with van der Waals surface area (Å²) in [6.07, 6.45) is 1.18. The molecule has 0 aliphatic carbocycles. The number of hydrogen-bond donors (Lipinski definition) is 2.